The molecule has 0 aliphatic heterocycles. The molecule has 0 amide bonds. The number of aromatic nitrogens is 2. The average Bonchev–Trinajstić information content (AvgIpc) is 2.62. The van der Waals surface area contributed by atoms with Crippen LogP contribution in [0.1, 0.15) is 0 Å². The highest BCUT2D eigenvalue weighted by molar-refractivity contribution is 7.91. The Balaban J connectivity index is 1.98. The topological polar surface area (TPSA) is 68.5 Å². The van der Waals surface area contributed by atoms with E-state index in [4.69, 9.17) is 11.6 Å². The van der Waals surface area contributed by atoms with E-state index in [-0.39, 0.29) is 15.2 Å². The maximum absolute atomic E-state index is 12.8. The molecule has 25 heavy (non-hydrogen) atoms. The van der Waals surface area contributed by atoms with E-state index in [9.17, 15) is 13.2 Å². The van der Waals surface area contributed by atoms with Crippen LogP contribution in [0.25, 0.3) is 16.6 Å². The van der Waals surface area contributed by atoms with Crippen LogP contribution in [-0.4, -0.2) is 17.8 Å². The molecule has 0 radical (unpaired) electrons. The summed E-state index contributed by atoms with van der Waals surface area (Å²) in [6.45, 7) is 0. The zero-order chi connectivity index (χ0) is 17.6. The Labute approximate surface area is 148 Å². The van der Waals surface area contributed by atoms with Crippen molar-refractivity contribution in [2.75, 3.05) is 0 Å². The van der Waals surface area contributed by atoms with Gasteiger partial charge in [0, 0.05) is 11.2 Å². The molecule has 0 aliphatic carbocycles. The number of rotatable bonds is 2. The number of hydrogen-bond donors (Lipinski definition) is 0. The van der Waals surface area contributed by atoms with Gasteiger partial charge in [-0.3, -0.25) is 4.79 Å². The van der Waals surface area contributed by atoms with Crippen LogP contribution >= 0.6 is 11.6 Å². The van der Waals surface area contributed by atoms with Crippen molar-refractivity contribution in [3.05, 3.63) is 82.2 Å². The van der Waals surface area contributed by atoms with Gasteiger partial charge in [-0.25, -0.2) is 8.42 Å². The molecular formula is C18H11ClN2O3S. The first-order chi connectivity index (χ1) is 12.0. The van der Waals surface area contributed by atoms with Gasteiger partial charge in [-0.2, -0.15) is 4.98 Å². The second-order valence-corrected chi connectivity index (χ2v) is 7.87. The highest BCUT2D eigenvalue weighted by Crippen LogP contribution is 2.24. The third kappa shape index (κ3) is 2.59. The summed E-state index contributed by atoms with van der Waals surface area (Å²) in [5.41, 5.74) is 0.647. The Morgan fingerprint density at radius 1 is 0.920 bits per heavy atom. The van der Waals surface area contributed by atoms with Crippen LogP contribution in [0.5, 0.6) is 0 Å². The highest BCUT2D eigenvalue weighted by atomic mass is 35.5. The van der Waals surface area contributed by atoms with E-state index in [0.717, 1.165) is 0 Å². The molecule has 4 rings (SSSR count). The van der Waals surface area contributed by atoms with E-state index in [1.165, 1.54) is 36.4 Å². The molecule has 0 N–H and O–H groups in total. The van der Waals surface area contributed by atoms with Crippen LogP contribution in [0.2, 0.25) is 5.02 Å². The van der Waals surface area contributed by atoms with E-state index >= 15 is 0 Å². The van der Waals surface area contributed by atoms with Gasteiger partial charge in [-0.15, -0.1) is 0 Å². The molecule has 0 atom stereocenters. The minimum atomic E-state index is -3.75. The number of sulfone groups is 1. The van der Waals surface area contributed by atoms with Crippen molar-refractivity contribution in [1.29, 1.82) is 0 Å². The highest BCUT2D eigenvalue weighted by Gasteiger charge is 2.19. The Morgan fingerprint density at radius 2 is 1.64 bits per heavy atom. The number of nitrogens with zero attached hydrogens (tertiary/aromatic N) is 2. The molecule has 124 valence electrons. The van der Waals surface area contributed by atoms with Gasteiger partial charge in [-0.1, -0.05) is 17.7 Å². The van der Waals surface area contributed by atoms with Crippen molar-refractivity contribution in [1.82, 2.24) is 9.38 Å². The largest absolute Gasteiger partial charge is 0.301 e. The van der Waals surface area contributed by atoms with E-state index in [0.29, 0.717) is 16.2 Å². The van der Waals surface area contributed by atoms with Crippen LogP contribution in [0, 0.1) is 0 Å². The van der Waals surface area contributed by atoms with Gasteiger partial charge in [0.2, 0.25) is 9.84 Å². The molecule has 0 saturated heterocycles. The van der Waals surface area contributed by atoms with Gasteiger partial charge in [0.1, 0.15) is 5.65 Å². The standard InChI is InChI=1S/C18H11ClN2O3S/c19-12-4-6-13(7-5-12)25(23,24)14-8-9-16-15(11-14)18(22)20-17-3-1-2-10-21(16)17/h1-11H. The first-order valence-electron chi connectivity index (χ1n) is 7.39. The van der Waals surface area contributed by atoms with Crippen LogP contribution in [0.15, 0.2) is 81.4 Å². The van der Waals surface area contributed by atoms with Gasteiger partial charge in [0.25, 0.3) is 5.56 Å². The quantitative estimate of drug-likeness (QED) is 0.507. The van der Waals surface area contributed by atoms with Gasteiger partial charge < -0.3 is 4.40 Å². The molecule has 0 unspecified atom stereocenters. The Morgan fingerprint density at radius 3 is 2.40 bits per heavy atom. The fraction of sp³-hybridized carbons (Fsp3) is 0. The molecular weight excluding hydrogens is 360 g/mol. The summed E-state index contributed by atoms with van der Waals surface area (Å²) in [6, 6.07) is 15.7. The Bertz CT molecular complexity index is 1280. The summed E-state index contributed by atoms with van der Waals surface area (Å²) in [5.74, 6) is 0. The van der Waals surface area contributed by atoms with Crippen LogP contribution in [0.4, 0.5) is 0 Å². The molecule has 2 heterocycles. The van der Waals surface area contributed by atoms with Gasteiger partial charge >= 0.3 is 0 Å². The van der Waals surface area contributed by atoms with Crippen LogP contribution < -0.4 is 5.56 Å². The lowest BCUT2D eigenvalue weighted by atomic mass is 10.2. The Kier molecular flexibility index (Phi) is 3.59. The number of hydrogen-bond acceptors (Lipinski definition) is 4. The van der Waals surface area contributed by atoms with E-state index < -0.39 is 15.4 Å². The summed E-state index contributed by atoms with van der Waals surface area (Å²) >= 11 is 5.81. The van der Waals surface area contributed by atoms with Crippen LogP contribution in [-0.2, 0) is 9.84 Å². The van der Waals surface area contributed by atoms with Crippen molar-refractivity contribution >= 4 is 38.0 Å². The number of fused-ring (bicyclic) bond motifs is 3. The predicted molar refractivity (Wildman–Crippen MR) is 95.9 cm³/mol. The zero-order valence-corrected chi connectivity index (χ0v) is 14.3. The van der Waals surface area contributed by atoms with Gasteiger partial charge in [-0.05, 0) is 54.6 Å². The van der Waals surface area contributed by atoms with Gasteiger partial charge in [0.15, 0.2) is 0 Å². The normalized spacial score (nSPS) is 11.9. The fourth-order valence-electron chi connectivity index (χ4n) is 2.71. The lowest BCUT2D eigenvalue weighted by Gasteiger charge is -2.08. The third-order valence-corrected chi connectivity index (χ3v) is 5.97. The van der Waals surface area contributed by atoms with Crippen molar-refractivity contribution in [3.8, 4) is 0 Å². The van der Waals surface area contributed by atoms with Gasteiger partial charge in [0.05, 0.1) is 20.7 Å². The summed E-state index contributed by atoms with van der Waals surface area (Å²) in [4.78, 5) is 16.5. The monoisotopic (exact) mass is 370 g/mol. The summed E-state index contributed by atoms with van der Waals surface area (Å²) < 4.78 is 27.3. The van der Waals surface area contributed by atoms with Crippen molar-refractivity contribution in [2.45, 2.75) is 9.79 Å². The number of pyridine rings is 1. The number of halogens is 1. The molecule has 2 aromatic heterocycles. The molecule has 0 saturated carbocycles. The average molecular weight is 371 g/mol. The second kappa shape index (κ2) is 5.68. The maximum atomic E-state index is 12.8. The Hall–Kier alpha value is -2.70. The summed E-state index contributed by atoms with van der Waals surface area (Å²) in [6.07, 6.45) is 1.78. The third-order valence-electron chi connectivity index (χ3n) is 3.95. The molecule has 0 aliphatic rings. The lowest BCUT2D eigenvalue weighted by molar-refractivity contribution is 0.596. The second-order valence-electron chi connectivity index (χ2n) is 5.48. The molecule has 0 bridgehead atoms. The SMILES string of the molecule is O=c1nc2ccccn2c2ccc(S(=O)(=O)c3ccc(Cl)cc3)cc12. The number of benzene rings is 2. The lowest BCUT2D eigenvalue weighted by Crippen LogP contribution is -2.11. The molecule has 5 nitrogen and oxygen atoms in total. The molecule has 0 spiro atoms. The maximum Gasteiger partial charge on any atom is 0.281 e. The summed E-state index contributed by atoms with van der Waals surface area (Å²) in [5, 5.41) is 0.699. The minimum Gasteiger partial charge on any atom is -0.301 e. The van der Waals surface area contributed by atoms with E-state index in [1.807, 2.05) is 6.07 Å². The van der Waals surface area contributed by atoms with E-state index in [1.54, 1.807) is 28.8 Å². The minimum absolute atomic E-state index is 0.0390. The molecule has 0 fully saturated rings. The fourth-order valence-corrected chi connectivity index (χ4v) is 4.12. The molecule has 2 aromatic carbocycles. The predicted octanol–water partition coefficient (Wildman–Crippen LogP) is 3.33. The zero-order valence-electron chi connectivity index (χ0n) is 12.8. The van der Waals surface area contributed by atoms with Crippen molar-refractivity contribution in [2.24, 2.45) is 0 Å². The van der Waals surface area contributed by atoms with E-state index in [2.05, 4.69) is 4.98 Å². The van der Waals surface area contributed by atoms with Crippen molar-refractivity contribution < 1.29 is 8.42 Å². The summed E-state index contributed by atoms with van der Waals surface area (Å²) in [7, 11) is -3.75. The smallest absolute Gasteiger partial charge is 0.281 e. The first-order valence-corrected chi connectivity index (χ1v) is 9.25. The molecule has 7 heteroatoms. The first kappa shape index (κ1) is 15.8. The molecule has 4 aromatic rings. The van der Waals surface area contributed by atoms with Crippen molar-refractivity contribution in [3.63, 3.8) is 0 Å². The van der Waals surface area contributed by atoms with Crippen LogP contribution in [0.3, 0.4) is 0 Å².